The molecule has 4 heterocycles. The molecule has 1 aliphatic heterocycles. The highest BCUT2D eigenvalue weighted by molar-refractivity contribution is 7.89. The lowest BCUT2D eigenvalue weighted by Crippen LogP contribution is -2.29. The first kappa shape index (κ1) is 15.9. The van der Waals surface area contributed by atoms with Gasteiger partial charge in [0.15, 0.2) is 10.9 Å². The Bertz CT molecular complexity index is 982. The van der Waals surface area contributed by atoms with E-state index in [9.17, 15) is 8.42 Å². The minimum atomic E-state index is -3.60. The zero-order valence-electron chi connectivity index (χ0n) is 13.5. The first-order valence-corrected chi connectivity index (χ1v) is 9.21. The van der Waals surface area contributed by atoms with Crippen LogP contribution in [0.2, 0.25) is 0 Å². The predicted octanol–water partition coefficient (Wildman–Crippen LogP) is 1.04. The number of imidazole rings is 1. The van der Waals surface area contributed by atoms with Gasteiger partial charge in [-0.05, 0) is 18.6 Å². The normalized spacial score (nSPS) is 18.7. The van der Waals surface area contributed by atoms with E-state index in [0.29, 0.717) is 36.9 Å². The zero-order valence-corrected chi connectivity index (χ0v) is 14.3. The Labute approximate surface area is 144 Å². The Balaban J connectivity index is 1.52. The van der Waals surface area contributed by atoms with E-state index in [4.69, 9.17) is 4.52 Å². The van der Waals surface area contributed by atoms with E-state index >= 15 is 0 Å². The van der Waals surface area contributed by atoms with Crippen LogP contribution >= 0.6 is 0 Å². The van der Waals surface area contributed by atoms with E-state index < -0.39 is 10.0 Å². The van der Waals surface area contributed by atoms with Gasteiger partial charge >= 0.3 is 0 Å². The third kappa shape index (κ3) is 2.94. The molecule has 0 saturated carbocycles. The minimum absolute atomic E-state index is 0.0536. The number of rotatable bonds is 4. The summed E-state index contributed by atoms with van der Waals surface area (Å²) in [5, 5.41) is 4.05. The van der Waals surface area contributed by atoms with Crippen molar-refractivity contribution in [3.63, 3.8) is 0 Å². The summed E-state index contributed by atoms with van der Waals surface area (Å²) >= 11 is 0. The molecule has 0 aromatic carbocycles. The average molecular weight is 360 g/mol. The van der Waals surface area contributed by atoms with Gasteiger partial charge in [-0.25, -0.2) is 13.4 Å². The van der Waals surface area contributed by atoms with Crippen molar-refractivity contribution < 1.29 is 12.9 Å². The molecule has 0 N–H and O–H groups in total. The first-order chi connectivity index (χ1) is 12.0. The molecule has 1 fully saturated rings. The summed E-state index contributed by atoms with van der Waals surface area (Å²) in [6.07, 6.45) is 5.25. The maximum absolute atomic E-state index is 12.6. The largest absolute Gasteiger partial charge is 0.339 e. The van der Waals surface area contributed by atoms with Crippen molar-refractivity contribution in [3.8, 4) is 11.6 Å². The number of hydrogen-bond acceptors (Lipinski definition) is 7. The van der Waals surface area contributed by atoms with Crippen molar-refractivity contribution in [2.75, 3.05) is 13.1 Å². The van der Waals surface area contributed by atoms with Gasteiger partial charge in [0.2, 0.25) is 0 Å². The Morgan fingerprint density at radius 3 is 2.88 bits per heavy atom. The van der Waals surface area contributed by atoms with Gasteiger partial charge in [-0.2, -0.15) is 9.29 Å². The SMILES string of the molecule is Cn1cnc(S(=O)(=O)N2CCC(c3noc(-c4ccccn4)n3)C2)c1. The maximum atomic E-state index is 12.6. The van der Waals surface area contributed by atoms with Crippen LogP contribution in [0.1, 0.15) is 18.2 Å². The molecule has 0 bridgehead atoms. The van der Waals surface area contributed by atoms with Crippen LogP contribution in [0.5, 0.6) is 0 Å². The van der Waals surface area contributed by atoms with Crippen LogP contribution in [-0.2, 0) is 17.1 Å². The van der Waals surface area contributed by atoms with Crippen LogP contribution in [0.3, 0.4) is 0 Å². The molecule has 0 aliphatic carbocycles. The van der Waals surface area contributed by atoms with E-state index in [1.54, 1.807) is 29.9 Å². The highest BCUT2D eigenvalue weighted by atomic mass is 32.2. The molecule has 130 valence electrons. The summed E-state index contributed by atoms with van der Waals surface area (Å²) in [5.74, 6) is 0.723. The molecule has 0 radical (unpaired) electrons. The Kier molecular flexibility index (Phi) is 3.85. The second kappa shape index (κ2) is 6.05. The van der Waals surface area contributed by atoms with Gasteiger partial charge in [0.25, 0.3) is 15.9 Å². The lowest BCUT2D eigenvalue weighted by Gasteiger charge is -2.13. The van der Waals surface area contributed by atoms with Crippen LogP contribution < -0.4 is 0 Å². The van der Waals surface area contributed by atoms with Gasteiger partial charge in [0.1, 0.15) is 5.69 Å². The summed E-state index contributed by atoms with van der Waals surface area (Å²) in [6.45, 7) is 0.705. The third-order valence-corrected chi connectivity index (χ3v) is 5.88. The van der Waals surface area contributed by atoms with Gasteiger partial charge in [-0.15, -0.1) is 0 Å². The quantitative estimate of drug-likeness (QED) is 0.684. The van der Waals surface area contributed by atoms with Crippen LogP contribution in [-0.4, -0.2) is 50.5 Å². The van der Waals surface area contributed by atoms with Crippen molar-refractivity contribution in [2.45, 2.75) is 17.4 Å². The van der Waals surface area contributed by atoms with Crippen LogP contribution in [0.25, 0.3) is 11.6 Å². The monoisotopic (exact) mass is 360 g/mol. The van der Waals surface area contributed by atoms with Crippen LogP contribution in [0.4, 0.5) is 0 Å². The fraction of sp³-hybridized carbons (Fsp3) is 0.333. The predicted molar refractivity (Wildman–Crippen MR) is 86.9 cm³/mol. The average Bonchev–Trinajstić information content (AvgIpc) is 3.35. The van der Waals surface area contributed by atoms with Gasteiger partial charge in [0.05, 0.1) is 6.33 Å². The van der Waals surface area contributed by atoms with Crippen molar-refractivity contribution >= 4 is 10.0 Å². The fourth-order valence-electron chi connectivity index (χ4n) is 2.81. The first-order valence-electron chi connectivity index (χ1n) is 7.77. The lowest BCUT2D eigenvalue weighted by atomic mass is 10.1. The maximum Gasteiger partial charge on any atom is 0.276 e. The summed E-state index contributed by atoms with van der Waals surface area (Å²) in [5.41, 5.74) is 0.595. The number of nitrogens with zero attached hydrogens (tertiary/aromatic N) is 6. The Morgan fingerprint density at radius 1 is 1.28 bits per heavy atom. The molecule has 9 nitrogen and oxygen atoms in total. The number of sulfonamides is 1. The summed E-state index contributed by atoms with van der Waals surface area (Å²) in [7, 11) is -1.87. The minimum Gasteiger partial charge on any atom is -0.339 e. The summed E-state index contributed by atoms with van der Waals surface area (Å²) < 4.78 is 33.5. The third-order valence-electron chi connectivity index (χ3n) is 4.13. The topological polar surface area (TPSA) is 107 Å². The van der Waals surface area contributed by atoms with E-state index in [-0.39, 0.29) is 10.9 Å². The molecule has 1 saturated heterocycles. The smallest absolute Gasteiger partial charge is 0.276 e. The molecule has 1 atom stereocenters. The number of pyridine rings is 1. The lowest BCUT2D eigenvalue weighted by molar-refractivity contribution is 0.413. The van der Waals surface area contributed by atoms with Crippen molar-refractivity contribution in [1.82, 2.24) is 29.0 Å². The van der Waals surface area contributed by atoms with Crippen molar-refractivity contribution in [3.05, 3.63) is 42.7 Å². The highest BCUT2D eigenvalue weighted by Crippen LogP contribution is 2.30. The van der Waals surface area contributed by atoms with Gasteiger partial charge in [-0.3, -0.25) is 4.98 Å². The molecule has 1 aliphatic rings. The molecule has 10 heteroatoms. The Morgan fingerprint density at radius 2 is 2.16 bits per heavy atom. The molecule has 4 rings (SSSR count). The van der Waals surface area contributed by atoms with Crippen LogP contribution in [0, 0.1) is 0 Å². The second-order valence-electron chi connectivity index (χ2n) is 5.90. The zero-order chi connectivity index (χ0) is 17.4. The molecule has 0 spiro atoms. The van der Waals surface area contributed by atoms with E-state index in [1.807, 2.05) is 6.07 Å². The van der Waals surface area contributed by atoms with Crippen LogP contribution in [0.15, 0.2) is 46.5 Å². The molecule has 1 unspecified atom stereocenters. The van der Waals surface area contributed by atoms with E-state index in [2.05, 4.69) is 20.1 Å². The molecule has 0 amide bonds. The van der Waals surface area contributed by atoms with Gasteiger partial charge in [0, 0.05) is 38.4 Å². The molecule has 3 aromatic heterocycles. The number of aromatic nitrogens is 5. The second-order valence-corrected chi connectivity index (χ2v) is 7.78. The molecule has 3 aromatic rings. The summed E-state index contributed by atoms with van der Waals surface area (Å²) in [4.78, 5) is 12.5. The standard InChI is InChI=1S/C15H16N6O3S/c1-20-9-13(17-10-20)25(22,23)21-7-5-11(8-21)14-18-15(24-19-14)12-4-2-3-6-16-12/h2-4,6,9-11H,5,7-8H2,1H3. The number of aryl methyl sites for hydroxylation is 1. The van der Waals surface area contributed by atoms with Gasteiger partial charge in [-0.1, -0.05) is 11.2 Å². The van der Waals surface area contributed by atoms with E-state index in [0.717, 1.165) is 0 Å². The summed E-state index contributed by atoms with van der Waals surface area (Å²) in [6, 6.07) is 5.42. The fourth-order valence-corrected chi connectivity index (χ4v) is 4.27. The van der Waals surface area contributed by atoms with Crippen molar-refractivity contribution in [2.24, 2.45) is 7.05 Å². The number of hydrogen-bond donors (Lipinski definition) is 0. The van der Waals surface area contributed by atoms with E-state index in [1.165, 1.54) is 16.8 Å². The molecular weight excluding hydrogens is 344 g/mol. The molecule has 25 heavy (non-hydrogen) atoms. The Hall–Kier alpha value is -2.59. The highest BCUT2D eigenvalue weighted by Gasteiger charge is 2.36. The van der Waals surface area contributed by atoms with Gasteiger partial charge < -0.3 is 9.09 Å². The molecular formula is C15H16N6O3S. The van der Waals surface area contributed by atoms with Crippen molar-refractivity contribution in [1.29, 1.82) is 0 Å².